The van der Waals surface area contributed by atoms with E-state index < -0.39 is 5.97 Å². The van der Waals surface area contributed by atoms with E-state index in [2.05, 4.69) is 15.6 Å². The molecule has 0 aliphatic heterocycles. The van der Waals surface area contributed by atoms with Crippen LogP contribution in [-0.2, 0) is 16.0 Å². The van der Waals surface area contributed by atoms with Gasteiger partial charge in [0.25, 0.3) is 0 Å². The zero-order chi connectivity index (χ0) is 19.9. The Morgan fingerprint density at radius 2 is 1.79 bits per heavy atom. The maximum Gasteiger partial charge on any atom is 0.339 e. The van der Waals surface area contributed by atoms with Gasteiger partial charge < -0.3 is 15.4 Å². The van der Waals surface area contributed by atoms with Gasteiger partial charge in [0.1, 0.15) is 11.6 Å². The summed E-state index contributed by atoms with van der Waals surface area (Å²) in [5.74, 6) is -0.518. The lowest BCUT2D eigenvalue weighted by Crippen LogP contribution is -2.14. The summed E-state index contributed by atoms with van der Waals surface area (Å²) in [4.78, 5) is 28.2. The Hall–Kier alpha value is -3.74. The van der Waals surface area contributed by atoms with Crippen molar-refractivity contribution >= 4 is 29.1 Å². The molecule has 3 aromatic rings. The van der Waals surface area contributed by atoms with Gasteiger partial charge in [-0.3, -0.25) is 4.79 Å². The fourth-order valence-electron chi connectivity index (χ4n) is 2.55. The Morgan fingerprint density at radius 3 is 2.46 bits per heavy atom. The molecule has 0 radical (unpaired) electrons. The maximum atomic E-state index is 12.9. The maximum absolute atomic E-state index is 12.9. The summed E-state index contributed by atoms with van der Waals surface area (Å²) in [6.07, 6.45) is 1.64. The summed E-state index contributed by atoms with van der Waals surface area (Å²) in [6, 6.07) is 16.1. The van der Waals surface area contributed by atoms with E-state index in [0.29, 0.717) is 28.3 Å². The number of halogens is 1. The molecule has 142 valence electrons. The van der Waals surface area contributed by atoms with Gasteiger partial charge in [-0.05, 0) is 42.0 Å². The fraction of sp³-hybridized carbons (Fsp3) is 0.0952. The van der Waals surface area contributed by atoms with E-state index in [4.69, 9.17) is 4.74 Å². The first-order valence-electron chi connectivity index (χ1n) is 8.50. The average molecular weight is 379 g/mol. The van der Waals surface area contributed by atoms with Crippen LogP contribution in [0, 0.1) is 5.82 Å². The Morgan fingerprint density at radius 1 is 1.04 bits per heavy atom. The number of nitrogens with zero attached hydrogens (tertiary/aromatic N) is 1. The number of benzene rings is 2. The third kappa shape index (κ3) is 4.91. The lowest BCUT2D eigenvalue weighted by atomic mass is 10.1. The Labute approximate surface area is 161 Å². The van der Waals surface area contributed by atoms with Gasteiger partial charge in [0.2, 0.25) is 5.91 Å². The number of methoxy groups -OCH3 is 1. The molecule has 0 aliphatic rings. The van der Waals surface area contributed by atoms with E-state index in [1.165, 1.54) is 25.4 Å². The van der Waals surface area contributed by atoms with E-state index in [-0.39, 0.29) is 18.1 Å². The van der Waals surface area contributed by atoms with Crippen LogP contribution < -0.4 is 10.6 Å². The van der Waals surface area contributed by atoms with Crippen LogP contribution in [0.2, 0.25) is 0 Å². The van der Waals surface area contributed by atoms with Crippen molar-refractivity contribution in [3.8, 4) is 0 Å². The van der Waals surface area contributed by atoms with E-state index in [0.717, 1.165) is 0 Å². The number of amides is 1. The highest BCUT2D eigenvalue weighted by Crippen LogP contribution is 2.21. The van der Waals surface area contributed by atoms with Crippen LogP contribution in [0.5, 0.6) is 0 Å². The predicted octanol–water partition coefficient (Wildman–Crippen LogP) is 3.93. The first kappa shape index (κ1) is 19.0. The van der Waals surface area contributed by atoms with E-state index >= 15 is 0 Å². The molecule has 2 aromatic carbocycles. The van der Waals surface area contributed by atoms with Crippen molar-refractivity contribution in [3.63, 3.8) is 0 Å². The standard InChI is InChI=1S/C21H18FN3O3/c1-28-21(27)17-4-2-3-5-18(17)25-19-11-10-16(13-23-19)24-20(26)12-14-6-8-15(22)9-7-14/h2-11,13H,12H2,1H3,(H,23,25)(H,24,26). The smallest absolute Gasteiger partial charge is 0.339 e. The van der Waals surface area contributed by atoms with Crippen LogP contribution in [0.4, 0.5) is 21.6 Å². The molecule has 0 spiro atoms. The summed E-state index contributed by atoms with van der Waals surface area (Å²) in [6.45, 7) is 0. The summed E-state index contributed by atoms with van der Waals surface area (Å²) in [5, 5.41) is 5.79. The quantitative estimate of drug-likeness (QED) is 0.635. The fourth-order valence-corrected chi connectivity index (χ4v) is 2.55. The van der Waals surface area contributed by atoms with Crippen LogP contribution in [0.3, 0.4) is 0 Å². The second-order valence-electron chi connectivity index (χ2n) is 5.95. The third-order valence-corrected chi connectivity index (χ3v) is 3.92. The number of anilines is 3. The monoisotopic (exact) mass is 379 g/mol. The molecule has 0 atom stereocenters. The predicted molar refractivity (Wildman–Crippen MR) is 104 cm³/mol. The number of ether oxygens (including phenoxy) is 1. The largest absolute Gasteiger partial charge is 0.465 e. The third-order valence-electron chi connectivity index (χ3n) is 3.92. The van der Waals surface area contributed by atoms with Crippen molar-refractivity contribution < 1.29 is 18.7 Å². The van der Waals surface area contributed by atoms with Crippen molar-refractivity contribution in [1.82, 2.24) is 4.98 Å². The van der Waals surface area contributed by atoms with Crippen molar-refractivity contribution in [2.24, 2.45) is 0 Å². The van der Waals surface area contributed by atoms with Gasteiger partial charge in [0.05, 0.1) is 36.7 Å². The molecule has 2 N–H and O–H groups in total. The molecule has 7 heteroatoms. The second-order valence-corrected chi connectivity index (χ2v) is 5.95. The van der Waals surface area contributed by atoms with Crippen molar-refractivity contribution in [3.05, 3.63) is 83.8 Å². The Bertz CT molecular complexity index is 973. The zero-order valence-corrected chi connectivity index (χ0v) is 15.1. The summed E-state index contributed by atoms with van der Waals surface area (Å²) >= 11 is 0. The number of hydrogen-bond acceptors (Lipinski definition) is 5. The molecule has 0 saturated heterocycles. The van der Waals surface area contributed by atoms with Crippen molar-refractivity contribution in [2.75, 3.05) is 17.7 Å². The minimum Gasteiger partial charge on any atom is -0.465 e. The zero-order valence-electron chi connectivity index (χ0n) is 15.1. The number of aromatic nitrogens is 1. The van der Waals surface area contributed by atoms with E-state index in [9.17, 15) is 14.0 Å². The number of carbonyl (C=O) groups excluding carboxylic acids is 2. The minimum atomic E-state index is -0.451. The summed E-state index contributed by atoms with van der Waals surface area (Å²) in [7, 11) is 1.32. The Kier molecular flexibility index (Phi) is 5.96. The first-order chi connectivity index (χ1) is 13.5. The highest BCUT2D eigenvalue weighted by Gasteiger charge is 2.11. The molecule has 0 saturated carbocycles. The van der Waals surface area contributed by atoms with E-state index in [1.807, 2.05) is 0 Å². The lowest BCUT2D eigenvalue weighted by Gasteiger charge is -2.11. The molecule has 0 bridgehead atoms. The van der Waals surface area contributed by atoms with Gasteiger partial charge in [-0.25, -0.2) is 14.2 Å². The SMILES string of the molecule is COC(=O)c1ccccc1Nc1ccc(NC(=O)Cc2ccc(F)cc2)cn1. The van der Waals surface area contributed by atoms with Gasteiger partial charge in [-0.15, -0.1) is 0 Å². The molecule has 28 heavy (non-hydrogen) atoms. The van der Waals surface area contributed by atoms with Crippen LogP contribution in [0.25, 0.3) is 0 Å². The first-order valence-corrected chi connectivity index (χ1v) is 8.50. The molecular weight excluding hydrogens is 361 g/mol. The minimum absolute atomic E-state index is 0.132. The van der Waals surface area contributed by atoms with Crippen molar-refractivity contribution in [2.45, 2.75) is 6.42 Å². The molecular formula is C21H18FN3O3. The van der Waals surface area contributed by atoms with Crippen LogP contribution in [-0.4, -0.2) is 24.0 Å². The van der Waals surface area contributed by atoms with Crippen LogP contribution >= 0.6 is 0 Å². The molecule has 3 rings (SSSR count). The molecule has 0 fully saturated rings. The number of pyridine rings is 1. The number of para-hydroxylation sites is 1. The molecule has 1 amide bonds. The number of hydrogen-bond donors (Lipinski definition) is 2. The normalized spacial score (nSPS) is 10.2. The molecule has 6 nitrogen and oxygen atoms in total. The highest BCUT2D eigenvalue weighted by molar-refractivity contribution is 5.96. The van der Waals surface area contributed by atoms with Crippen molar-refractivity contribution in [1.29, 1.82) is 0 Å². The molecule has 1 heterocycles. The Balaban J connectivity index is 1.63. The average Bonchev–Trinajstić information content (AvgIpc) is 2.71. The topological polar surface area (TPSA) is 80.3 Å². The molecule has 0 unspecified atom stereocenters. The van der Waals surface area contributed by atoms with Crippen LogP contribution in [0.1, 0.15) is 15.9 Å². The van der Waals surface area contributed by atoms with Gasteiger partial charge in [-0.1, -0.05) is 24.3 Å². The highest BCUT2D eigenvalue weighted by atomic mass is 19.1. The van der Waals surface area contributed by atoms with Gasteiger partial charge in [0, 0.05) is 0 Å². The molecule has 0 aliphatic carbocycles. The number of carbonyl (C=O) groups is 2. The van der Waals surface area contributed by atoms with E-state index in [1.54, 1.807) is 48.5 Å². The molecule has 1 aromatic heterocycles. The van der Waals surface area contributed by atoms with Gasteiger partial charge >= 0.3 is 5.97 Å². The summed E-state index contributed by atoms with van der Waals surface area (Å²) < 4.78 is 17.7. The lowest BCUT2D eigenvalue weighted by molar-refractivity contribution is -0.115. The number of esters is 1. The number of rotatable bonds is 6. The van der Waals surface area contributed by atoms with Gasteiger partial charge in [-0.2, -0.15) is 0 Å². The number of nitrogens with one attached hydrogen (secondary N) is 2. The summed E-state index contributed by atoms with van der Waals surface area (Å²) in [5.41, 5.74) is 2.20. The van der Waals surface area contributed by atoms with Crippen LogP contribution in [0.15, 0.2) is 66.9 Å². The van der Waals surface area contributed by atoms with Gasteiger partial charge in [0.15, 0.2) is 0 Å². The second kappa shape index (κ2) is 8.77.